The summed E-state index contributed by atoms with van der Waals surface area (Å²) in [4.78, 5) is 17.9. The SMILES string of the molecule is CN(C(=O)OC(C)(C)C)c1ccc2ncc(-c3cccc(O)c3)n2n1. The summed E-state index contributed by atoms with van der Waals surface area (Å²) in [6, 6.07) is 10.3. The molecule has 0 spiro atoms. The Morgan fingerprint density at radius 2 is 2.00 bits per heavy atom. The molecule has 3 aromatic rings. The molecule has 25 heavy (non-hydrogen) atoms. The molecule has 0 unspecified atom stereocenters. The monoisotopic (exact) mass is 340 g/mol. The second kappa shape index (κ2) is 6.08. The molecular formula is C18H20N4O3. The van der Waals surface area contributed by atoms with Gasteiger partial charge in [-0.25, -0.2) is 14.3 Å². The van der Waals surface area contributed by atoms with Crippen molar-refractivity contribution in [3.63, 3.8) is 0 Å². The van der Waals surface area contributed by atoms with E-state index in [-0.39, 0.29) is 5.75 Å². The molecule has 0 bridgehead atoms. The molecule has 2 aromatic heterocycles. The molecular weight excluding hydrogens is 320 g/mol. The molecule has 1 aromatic carbocycles. The highest BCUT2D eigenvalue weighted by molar-refractivity contribution is 5.86. The summed E-state index contributed by atoms with van der Waals surface area (Å²) in [5, 5.41) is 14.2. The number of aromatic hydroxyl groups is 1. The number of phenolic OH excluding ortho intramolecular Hbond substituents is 1. The zero-order chi connectivity index (χ0) is 18.2. The second-order valence-corrected chi connectivity index (χ2v) is 6.69. The molecule has 0 aliphatic rings. The lowest BCUT2D eigenvalue weighted by Gasteiger charge is -2.24. The van der Waals surface area contributed by atoms with E-state index in [2.05, 4.69) is 10.1 Å². The van der Waals surface area contributed by atoms with Gasteiger partial charge in [0.15, 0.2) is 11.5 Å². The summed E-state index contributed by atoms with van der Waals surface area (Å²) in [7, 11) is 1.60. The maximum atomic E-state index is 12.2. The molecule has 0 aliphatic carbocycles. The maximum absolute atomic E-state index is 12.2. The Balaban J connectivity index is 1.99. The lowest BCUT2D eigenvalue weighted by atomic mass is 10.1. The Kier molecular flexibility index (Phi) is 4.08. The van der Waals surface area contributed by atoms with Gasteiger partial charge in [-0.1, -0.05) is 12.1 Å². The van der Waals surface area contributed by atoms with Gasteiger partial charge in [0.2, 0.25) is 0 Å². The quantitative estimate of drug-likeness (QED) is 0.772. The number of carbonyl (C=O) groups excluding carboxylic acids is 1. The first-order valence-corrected chi connectivity index (χ1v) is 7.85. The number of imidazole rings is 1. The van der Waals surface area contributed by atoms with Gasteiger partial charge >= 0.3 is 6.09 Å². The fourth-order valence-electron chi connectivity index (χ4n) is 2.33. The van der Waals surface area contributed by atoms with Crippen molar-refractivity contribution in [3.05, 3.63) is 42.6 Å². The number of carbonyl (C=O) groups is 1. The fraction of sp³-hybridized carbons (Fsp3) is 0.278. The molecule has 0 aliphatic heterocycles. The van der Waals surface area contributed by atoms with Gasteiger partial charge in [-0.2, -0.15) is 0 Å². The highest BCUT2D eigenvalue weighted by Crippen LogP contribution is 2.24. The minimum atomic E-state index is -0.586. The molecule has 3 rings (SSSR count). The van der Waals surface area contributed by atoms with Gasteiger partial charge in [0.1, 0.15) is 11.4 Å². The topological polar surface area (TPSA) is 80.0 Å². The van der Waals surface area contributed by atoms with Crippen molar-refractivity contribution in [2.75, 3.05) is 11.9 Å². The number of benzene rings is 1. The number of hydrogen-bond acceptors (Lipinski definition) is 5. The van der Waals surface area contributed by atoms with Gasteiger partial charge in [-0.15, -0.1) is 5.10 Å². The van der Waals surface area contributed by atoms with E-state index in [1.54, 1.807) is 48.1 Å². The van der Waals surface area contributed by atoms with Crippen molar-refractivity contribution in [1.29, 1.82) is 0 Å². The van der Waals surface area contributed by atoms with Crippen LogP contribution in [0.25, 0.3) is 16.9 Å². The third-order valence-corrected chi connectivity index (χ3v) is 3.50. The number of anilines is 1. The predicted molar refractivity (Wildman–Crippen MR) is 94.7 cm³/mol. The van der Waals surface area contributed by atoms with Gasteiger partial charge in [0, 0.05) is 12.6 Å². The first-order chi connectivity index (χ1) is 11.7. The molecule has 0 atom stereocenters. The van der Waals surface area contributed by atoms with Crippen LogP contribution in [0, 0.1) is 0 Å². The lowest BCUT2D eigenvalue weighted by Crippen LogP contribution is -2.34. The van der Waals surface area contributed by atoms with E-state index < -0.39 is 11.7 Å². The molecule has 7 nitrogen and oxygen atoms in total. The third-order valence-electron chi connectivity index (χ3n) is 3.50. The number of rotatable bonds is 2. The van der Waals surface area contributed by atoms with E-state index in [1.807, 2.05) is 26.8 Å². The molecule has 2 heterocycles. The van der Waals surface area contributed by atoms with Gasteiger partial charge in [-0.05, 0) is 45.0 Å². The number of aromatic nitrogens is 3. The molecule has 1 N–H and O–H groups in total. The zero-order valence-corrected chi connectivity index (χ0v) is 14.6. The van der Waals surface area contributed by atoms with E-state index in [9.17, 15) is 9.90 Å². The van der Waals surface area contributed by atoms with Gasteiger partial charge in [0.05, 0.1) is 11.9 Å². The normalized spacial score (nSPS) is 11.5. The Labute approximate surface area is 145 Å². The predicted octanol–water partition coefficient (Wildman–Crippen LogP) is 3.47. The van der Waals surface area contributed by atoms with Crippen LogP contribution in [0.3, 0.4) is 0 Å². The van der Waals surface area contributed by atoms with Crippen LogP contribution in [0.4, 0.5) is 10.6 Å². The number of fused-ring (bicyclic) bond motifs is 1. The van der Waals surface area contributed by atoms with Crippen LogP contribution in [0.2, 0.25) is 0 Å². The van der Waals surface area contributed by atoms with Crippen LogP contribution in [-0.4, -0.2) is 38.4 Å². The van der Waals surface area contributed by atoms with Crippen molar-refractivity contribution in [1.82, 2.24) is 14.6 Å². The summed E-state index contributed by atoms with van der Waals surface area (Å²) < 4.78 is 7.00. The Morgan fingerprint density at radius 1 is 1.24 bits per heavy atom. The van der Waals surface area contributed by atoms with Crippen LogP contribution in [0.15, 0.2) is 42.6 Å². The number of phenols is 1. The van der Waals surface area contributed by atoms with Crippen molar-refractivity contribution < 1.29 is 14.6 Å². The van der Waals surface area contributed by atoms with E-state index >= 15 is 0 Å². The van der Waals surface area contributed by atoms with Crippen LogP contribution in [0.5, 0.6) is 5.75 Å². The standard InChI is InChI=1S/C18H20N4O3/c1-18(2,3)25-17(24)21(4)16-9-8-15-19-11-14(22(15)20-16)12-6-5-7-13(23)10-12/h5-11,23H,1-4H3. The van der Waals surface area contributed by atoms with Crippen LogP contribution in [-0.2, 0) is 4.74 Å². The van der Waals surface area contributed by atoms with Gasteiger partial charge in [0.25, 0.3) is 0 Å². The minimum Gasteiger partial charge on any atom is -0.508 e. The number of amides is 1. The Bertz CT molecular complexity index is 927. The minimum absolute atomic E-state index is 0.162. The molecule has 0 saturated heterocycles. The smallest absolute Gasteiger partial charge is 0.415 e. The zero-order valence-electron chi connectivity index (χ0n) is 14.6. The fourth-order valence-corrected chi connectivity index (χ4v) is 2.33. The maximum Gasteiger partial charge on any atom is 0.415 e. The molecule has 7 heteroatoms. The first-order valence-electron chi connectivity index (χ1n) is 7.85. The summed E-state index contributed by atoms with van der Waals surface area (Å²) in [5.41, 5.74) is 1.54. The van der Waals surface area contributed by atoms with Crippen LogP contribution >= 0.6 is 0 Å². The Morgan fingerprint density at radius 3 is 2.68 bits per heavy atom. The van der Waals surface area contributed by atoms with Gasteiger partial charge < -0.3 is 9.84 Å². The van der Waals surface area contributed by atoms with Crippen molar-refractivity contribution >= 4 is 17.6 Å². The van der Waals surface area contributed by atoms with Crippen molar-refractivity contribution in [2.45, 2.75) is 26.4 Å². The Hall–Kier alpha value is -3.09. The van der Waals surface area contributed by atoms with Crippen LogP contribution in [0.1, 0.15) is 20.8 Å². The largest absolute Gasteiger partial charge is 0.508 e. The lowest BCUT2D eigenvalue weighted by molar-refractivity contribution is 0.0588. The molecule has 0 saturated carbocycles. The van der Waals surface area contributed by atoms with Crippen LogP contribution < -0.4 is 4.90 Å². The summed E-state index contributed by atoms with van der Waals surface area (Å²) in [5.74, 6) is 0.593. The van der Waals surface area contributed by atoms with E-state index in [1.165, 1.54) is 4.90 Å². The highest BCUT2D eigenvalue weighted by atomic mass is 16.6. The average molecular weight is 340 g/mol. The second-order valence-electron chi connectivity index (χ2n) is 6.69. The van der Waals surface area contributed by atoms with E-state index in [0.717, 1.165) is 5.56 Å². The van der Waals surface area contributed by atoms with Crippen molar-refractivity contribution in [3.8, 4) is 17.0 Å². The summed E-state index contributed by atoms with van der Waals surface area (Å²) in [6.45, 7) is 5.43. The molecule has 0 radical (unpaired) electrons. The highest BCUT2D eigenvalue weighted by Gasteiger charge is 2.22. The third kappa shape index (κ3) is 3.55. The van der Waals surface area contributed by atoms with E-state index in [0.29, 0.717) is 17.2 Å². The van der Waals surface area contributed by atoms with Crippen molar-refractivity contribution in [2.24, 2.45) is 0 Å². The molecule has 0 fully saturated rings. The molecule has 130 valence electrons. The summed E-state index contributed by atoms with van der Waals surface area (Å²) in [6.07, 6.45) is 1.19. The first kappa shape index (κ1) is 16.8. The van der Waals surface area contributed by atoms with E-state index in [4.69, 9.17) is 4.74 Å². The van der Waals surface area contributed by atoms with Gasteiger partial charge in [-0.3, -0.25) is 4.90 Å². The number of nitrogens with zero attached hydrogens (tertiary/aromatic N) is 4. The number of hydrogen-bond donors (Lipinski definition) is 1. The average Bonchev–Trinajstić information content (AvgIpc) is 2.95. The molecule has 1 amide bonds. The summed E-state index contributed by atoms with van der Waals surface area (Å²) >= 11 is 0. The number of ether oxygens (including phenoxy) is 1.